The maximum absolute atomic E-state index is 14.6. The van der Waals surface area contributed by atoms with Gasteiger partial charge >= 0.3 is 18.3 Å². The lowest BCUT2D eigenvalue weighted by atomic mass is 9.76. The second kappa shape index (κ2) is 24.9. The number of aromatic nitrogens is 4. The van der Waals surface area contributed by atoms with Gasteiger partial charge in [-0.3, -0.25) is 14.4 Å². The number of hydrogen-bond acceptors (Lipinski definition) is 11. The Labute approximate surface area is 485 Å². The molecule has 14 nitrogen and oxygen atoms in total. The van der Waals surface area contributed by atoms with Gasteiger partial charge < -0.3 is 24.8 Å². The third-order valence-electron chi connectivity index (χ3n) is 14.6. The summed E-state index contributed by atoms with van der Waals surface area (Å²) in [6, 6.07) is 32.8. The van der Waals surface area contributed by atoms with Crippen molar-refractivity contribution in [1.82, 2.24) is 20.2 Å². The summed E-state index contributed by atoms with van der Waals surface area (Å²) in [5, 5.41) is 23.0. The van der Waals surface area contributed by atoms with Crippen molar-refractivity contribution in [1.29, 1.82) is 0 Å². The number of benzene rings is 6. The summed E-state index contributed by atoms with van der Waals surface area (Å²) in [5.41, 5.74) is 3.79. The molecule has 1 aromatic heterocycles. The number of thioether (sulfide) groups is 1. The van der Waals surface area contributed by atoms with Crippen LogP contribution in [-0.2, 0) is 37.1 Å². The van der Waals surface area contributed by atoms with Crippen LogP contribution in [0.1, 0.15) is 120 Å². The highest BCUT2D eigenvalue weighted by atomic mass is 35.5. The van der Waals surface area contributed by atoms with E-state index in [-0.39, 0.29) is 50.3 Å². The molecule has 0 bridgehead atoms. The van der Waals surface area contributed by atoms with Crippen LogP contribution >= 0.6 is 23.4 Å². The summed E-state index contributed by atoms with van der Waals surface area (Å²) < 4.78 is 103. The average Bonchev–Trinajstić information content (AvgIpc) is 3.78. The Bertz CT molecular complexity index is 3540. The van der Waals surface area contributed by atoms with Gasteiger partial charge in [0.15, 0.2) is 6.10 Å². The molecule has 2 heterocycles. The number of ether oxygens (including phenoxy) is 3. The zero-order valence-corrected chi connectivity index (χ0v) is 48.4. The number of hydrogen-bond donors (Lipinski definition) is 2. The van der Waals surface area contributed by atoms with Gasteiger partial charge in [-0.15, -0.1) is 5.10 Å². The maximum Gasteiger partial charge on any atom is 0.471 e. The number of anilines is 3. The summed E-state index contributed by atoms with van der Waals surface area (Å²) in [7, 11) is 0. The molecule has 2 N–H and O–H groups in total. The fourth-order valence-electron chi connectivity index (χ4n) is 8.88. The Morgan fingerprint density at radius 1 is 0.735 bits per heavy atom. The molecule has 83 heavy (non-hydrogen) atoms. The number of nitrogens with one attached hydrogen (secondary N) is 2. The Hall–Kier alpha value is -7.91. The summed E-state index contributed by atoms with van der Waals surface area (Å²) in [4.78, 5) is 40.0. The topological polar surface area (TPSA) is 162 Å². The second-order valence-corrected chi connectivity index (χ2v) is 22.5. The van der Waals surface area contributed by atoms with Gasteiger partial charge in [0, 0.05) is 38.8 Å². The molecule has 0 spiro atoms. The fourth-order valence-corrected chi connectivity index (χ4v) is 9.84. The van der Waals surface area contributed by atoms with Gasteiger partial charge in [0.2, 0.25) is 11.3 Å². The van der Waals surface area contributed by atoms with Crippen LogP contribution in [0.15, 0.2) is 138 Å². The first-order chi connectivity index (χ1) is 39.2. The van der Waals surface area contributed by atoms with Crippen LogP contribution in [0.4, 0.5) is 43.4 Å². The molecule has 3 amide bonds. The van der Waals surface area contributed by atoms with Crippen molar-refractivity contribution in [3.8, 4) is 22.9 Å². The number of halogens is 7. The Kier molecular flexibility index (Phi) is 18.3. The zero-order valence-electron chi connectivity index (χ0n) is 46.9. The lowest BCUT2D eigenvalue weighted by Crippen LogP contribution is -2.37. The minimum absolute atomic E-state index is 0.0216. The van der Waals surface area contributed by atoms with Gasteiger partial charge in [-0.25, -0.2) is 0 Å². The van der Waals surface area contributed by atoms with E-state index in [1.165, 1.54) is 40.2 Å². The van der Waals surface area contributed by atoms with Crippen LogP contribution in [0.3, 0.4) is 0 Å². The molecular formula is C61H61ClF6N8O6S. The van der Waals surface area contributed by atoms with E-state index in [2.05, 4.69) is 74.5 Å². The molecule has 0 saturated heterocycles. The third kappa shape index (κ3) is 14.3. The Morgan fingerprint density at radius 2 is 1.41 bits per heavy atom. The van der Waals surface area contributed by atoms with E-state index in [1.54, 1.807) is 86.6 Å². The predicted molar refractivity (Wildman–Crippen MR) is 308 cm³/mol. The van der Waals surface area contributed by atoms with E-state index < -0.39 is 48.0 Å². The lowest BCUT2D eigenvalue weighted by Gasteiger charge is -2.31. The lowest BCUT2D eigenvalue weighted by molar-refractivity contribution is -0.167. The number of rotatable bonds is 21. The van der Waals surface area contributed by atoms with Crippen molar-refractivity contribution >= 4 is 63.9 Å². The highest BCUT2D eigenvalue weighted by molar-refractivity contribution is 7.98. The first kappa shape index (κ1) is 61.2. The van der Waals surface area contributed by atoms with E-state index in [4.69, 9.17) is 30.9 Å². The molecule has 3 unspecified atom stereocenters. The van der Waals surface area contributed by atoms with Crippen LogP contribution in [0.25, 0.3) is 5.69 Å². The van der Waals surface area contributed by atoms with Gasteiger partial charge in [0.05, 0.1) is 16.9 Å². The number of alkyl halides is 6. The normalized spacial score (nSPS) is 14.7. The van der Waals surface area contributed by atoms with Crippen molar-refractivity contribution in [2.75, 3.05) is 15.6 Å². The number of carbonyl (C=O) groups is 3. The third-order valence-corrected chi connectivity index (χ3v) is 15.8. The largest absolute Gasteiger partial charge is 0.486 e. The minimum Gasteiger partial charge on any atom is -0.486 e. The van der Waals surface area contributed by atoms with Gasteiger partial charge in [-0.1, -0.05) is 114 Å². The average molecular weight is 1180 g/mol. The maximum atomic E-state index is 14.6. The second-order valence-electron chi connectivity index (χ2n) is 21.2. The Morgan fingerprint density at radius 3 is 2.06 bits per heavy atom. The molecule has 1 aliphatic rings. The molecule has 0 radical (unpaired) electrons. The molecule has 0 saturated carbocycles. The van der Waals surface area contributed by atoms with E-state index >= 15 is 0 Å². The molecule has 3 atom stereocenters. The standard InChI is InChI=1S/C61H61ClF6N8O6S/c1-10-48(81-51-29-19-39(58(6,7)11-2)32-47(51)59(8,9)12-3)54(77)69-42-23-25-44(26-24-42)75-55(78)53(52(72-75)38-17-21-41(62)22-18-38)82-50-28-20-40(60(63,64)65)31-46(50)36(5)80-49-27-16-37(30-35(49)4)34-83-57-71-73-74-76(57)45-15-13-14-43(33-45)70-56(79)61(66,67)68/h13-33,36,48,53H,10-12,34H2,1-9H3,(H,69,77)(H,70,79). The van der Waals surface area contributed by atoms with Crippen LogP contribution in [0.5, 0.6) is 17.2 Å². The van der Waals surface area contributed by atoms with Crippen molar-refractivity contribution < 1.29 is 54.9 Å². The first-order valence-corrected chi connectivity index (χ1v) is 28.0. The SMILES string of the molecule is CCC(Oc1ccc(C(C)(C)CC)cc1C(C)(C)CC)C(=O)Nc1ccc(N2N=C(c3ccc(Cl)cc3)C(Oc3ccc(C(F)(F)F)cc3C(C)Oc3ccc(CSc4nnnn4-c4cccc(NC(=O)C(F)(F)F)c4)cc3C)C2=O)cc1. The van der Waals surface area contributed by atoms with E-state index in [1.807, 2.05) is 18.3 Å². The summed E-state index contributed by atoms with van der Waals surface area (Å²) in [6.45, 7) is 18.2. The number of amides is 3. The van der Waals surface area contributed by atoms with Gasteiger partial charge in [0.25, 0.3) is 11.8 Å². The molecule has 1 aliphatic heterocycles. The molecule has 22 heteroatoms. The summed E-state index contributed by atoms with van der Waals surface area (Å²) in [5.74, 6) is -1.98. The number of nitrogens with zero attached hydrogens (tertiary/aromatic N) is 6. The summed E-state index contributed by atoms with van der Waals surface area (Å²) >= 11 is 7.47. The molecular weight excluding hydrogens is 1120 g/mol. The molecule has 6 aromatic carbocycles. The van der Waals surface area contributed by atoms with Crippen molar-refractivity contribution in [2.24, 2.45) is 5.10 Å². The van der Waals surface area contributed by atoms with Crippen LogP contribution in [0.2, 0.25) is 5.02 Å². The molecule has 8 rings (SSSR count). The first-order valence-electron chi connectivity index (χ1n) is 26.6. The fraction of sp³-hybridized carbons (Fsp3) is 0.328. The van der Waals surface area contributed by atoms with Gasteiger partial charge in [-0.2, -0.15) is 41.1 Å². The van der Waals surface area contributed by atoms with E-state index in [0.717, 1.165) is 47.2 Å². The Balaban J connectivity index is 0.990. The van der Waals surface area contributed by atoms with Gasteiger partial charge in [0.1, 0.15) is 29.1 Å². The van der Waals surface area contributed by atoms with Crippen molar-refractivity contribution in [3.05, 3.63) is 171 Å². The van der Waals surface area contributed by atoms with Crippen molar-refractivity contribution in [2.45, 2.75) is 134 Å². The molecule has 7 aromatic rings. The number of hydrazone groups is 1. The molecule has 0 aliphatic carbocycles. The monoisotopic (exact) mass is 1180 g/mol. The van der Waals surface area contributed by atoms with Crippen LogP contribution in [-0.4, -0.2) is 62.0 Å². The zero-order chi connectivity index (χ0) is 60.2. The molecule has 0 fully saturated rings. The summed E-state index contributed by atoms with van der Waals surface area (Å²) in [6.07, 6.45) is -11.1. The van der Waals surface area contributed by atoms with E-state index in [9.17, 15) is 40.7 Å². The smallest absolute Gasteiger partial charge is 0.471 e. The number of aryl methyl sites for hydroxylation is 1. The number of carbonyl (C=O) groups excluding carboxylic acids is 3. The van der Waals surface area contributed by atoms with Gasteiger partial charge in [-0.05, 0) is 156 Å². The van der Waals surface area contributed by atoms with Crippen LogP contribution < -0.4 is 29.9 Å². The molecule has 436 valence electrons. The minimum atomic E-state index is -5.09. The van der Waals surface area contributed by atoms with Crippen LogP contribution in [0, 0.1) is 6.92 Å². The van der Waals surface area contributed by atoms with E-state index in [0.29, 0.717) is 51.2 Å². The van der Waals surface area contributed by atoms with Crippen molar-refractivity contribution in [3.63, 3.8) is 0 Å². The highest BCUT2D eigenvalue weighted by Crippen LogP contribution is 2.41. The predicted octanol–water partition coefficient (Wildman–Crippen LogP) is 14.9. The number of tetrazole rings is 1. The quantitative estimate of drug-likeness (QED) is 0.0523. The highest BCUT2D eigenvalue weighted by Gasteiger charge is 2.42.